The molecule has 0 radical (unpaired) electrons. The highest BCUT2D eigenvalue weighted by atomic mass is 79.9. The van der Waals surface area contributed by atoms with Gasteiger partial charge in [0.1, 0.15) is 22.9 Å². The number of nitrogens with one attached hydrogen (secondary N) is 2. The fourth-order valence-corrected chi connectivity index (χ4v) is 14.3. The molecule has 3 N–H and O–H groups in total. The van der Waals surface area contributed by atoms with E-state index in [0.29, 0.717) is 23.8 Å². The minimum atomic E-state index is -0.873. The van der Waals surface area contributed by atoms with E-state index in [0.717, 1.165) is 121 Å². The Morgan fingerprint density at radius 1 is 0.918 bits per heavy atom. The van der Waals surface area contributed by atoms with Crippen LogP contribution < -0.4 is 16.2 Å². The number of likely N-dealkylation sites (N-methyl/N-ethyl adjacent to an activating group) is 1. The number of piperidine rings is 1. The quantitative estimate of drug-likeness (QED) is 0.111. The SMILES string of the molecule is Cc1csc(-c2ccc([C@H](CN(C)C)NC(=O)[C@@H]3C[C@@H](O)CN3C(=O)[C@@H](NC(=O)C3CCC(CN4CCC(c5ccc6c(c5)C5(CCCCC5)c5nc(=O)c7c(Br)cccc7n5-6)CC4)CC3)C(C)(C)C)cc2)n1. The predicted molar refractivity (Wildman–Crippen MR) is 292 cm³/mol. The molecule has 5 aliphatic rings. The van der Waals surface area contributed by atoms with Crippen LogP contribution in [-0.2, 0) is 19.8 Å². The van der Waals surface area contributed by atoms with Gasteiger partial charge in [-0.2, -0.15) is 4.98 Å². The largest absolute Gasteiger partial charge is 0.391 e. The molecule has 10 rings (SSSR count). The van der Waals surface area contributed by atoms with Gasteiger partial charge >= 0.3 is 0 Å². The van der Waals surface area contributed by atoms with E-state index in [9.17, 15) is 24.3 Å². The number of β-amino-alcohol motifs (C(OH)–C–C–N with tert-alkyl or cyclic N) is 1. The van der Waals surface area contributed by atoms with Crippen molar-refractivity contribution >= 4 is 55.9 Å². The van der Waals surface area contributed by atoms with Crippen molar-refractivity contribution in [3.05, 3.63) is 109 Å². The third kappa shape index (κ3) is 10.5. The first-order chi connectivity index (χ1) is 35.0. The Morgan fingerprint density at radius 3 is 2.32 bits per heavy atom. The molecule has 0 bridgehead atoms. The van der Waals surface area contributed by atoms with Crippen LogP contribution in [0.1, 0.15) is 138 Å². The Balaban J connectivity index is 0.738. The molecule has 2 saturated carbocycles. The first kappa shape index (κ1) is 51.7. The lowest BCUT2D eigenvalue weighted by Crippen LogP contribution is -2.58. The second-order valence-electron chi connectivity index (χ2n) is 23.4. The maximum Gasteiger partial charge on any atom is 0.281 e. The Kier molecular flexibility index (Phi) is 14.9. The van der Waals surface area contributed by atoms with Crippen LogP contribution in [0.3, 0.4) is 0 Å². The highest BCUT2D eigenvalue weighted by molar-refractivity contribution is 9.10. The van der Waals surface area contributed by atoms with Crippen molar-refractivity contribution in [1.29, 1.82) is 0 Å². The van der Waals surface area contributed by atoms with Crippen LogP contribution in [-0.4, -0.2) is 117 Å². The van der Waals surface area contributed by atoms with Crippen LogP contribution in [0.5, 0.6) is 0 Å². The summed E-state index contributed by atoms with van der Waals surface area (Å²) in [6.07, 6.45) is 10.5. The molecule has 3 aliphatic heterocycles. The van der Waals surface area contributed by atoms with Gasteiger partial charge in [0.2, 0.25) is 17.7 Å². The van der Waals surface area contributed by atoms with E-state index in [1.165, 1.54) is 28.1 Å². The van der Waals surface area contributed by atoms with Gasteiger partial charge < -0.3 is 30.4 Å². The van der Waals surface area contributed by atoms with Crippen LogP contribution >= 0.6 is 27.3 Å². The summed E-state index contributed by atoms with van der Waals surface area (Å²) in [5.74, 6) is 0.954. The number of aryl methyl sites for hydroxylation is 1. The van der Waals surface area contributed by atoms with Gasteiger partial charge in [-0.05, 0) is 154 Å². The lowest BCUT2D eigenvalue weighted by molar-refractivity contribution is -0.145. The van der Waals surface area contributed by atoms with E-state index in [4.69, 9.17) is 4.98 Å². The van der Waals surface area contributed by atoms with Gasteiger partial charge in [0, 0.05) is 53.1 Å². The third-order valence-electron chi connectivity index (χ3n) is 16.9. The Morgan fingerprint density at radius 2 is 1.64 bits per heavy atom. The fraction of sp³-hybridized carbons (Fsp3) is 0.552. The van der Waals surface area contributed by atoms with Gasteiger partial charge in [-0.3, -0.25) is 23.7 Å². The summed E-state index contributed by atoms with van der Waals surface area (Å²) in [7, 11) is 3.92. The van der Waals surface area contributed by atoms with E-state index in [1.54, 1.807) is 11.3 Å². The molecule has 5 heterocycles. The van der Waals surface area contributed by atoms with Crippen LogP contribution in [0.15, 0.2) is 75.3 Å². The van der Waals surface area contributed by atoms with Crippen molar-refractivity contribution in [3.8, 4) is 16.3 Å². The number of aliphatic hydroxyl groups excluding tert-OH is 1. The minimum Gasteiger partial charge on any atom is -0.391 e. The number of thiazole rings is 1. The molecule has 2 aliphatic carbocycles. The van der Waals surface area contributed by atoms with Crippen molar-refractivity contribution in [2.24, 2.45) is 17.3 Å². The Hall–Kier alpha value is -4.80. The molecule has 15 heteroatoms. The number of rotatable bonds is 12. The number of nitrogens with zero attached hydrogens (tertiary/aromatic N) is 6. The highest BCUT2D eigenvalue weighted by Crippen LogP contribution is 2.52. The van der Waals surface area contributed by atoms with Crippen LogP contribution in [0.25, 0.3) is 27.2 Å². The van der Waals surface area contributed by atoms with E-state index >= 15 is 0 Å². The average molecular weight is 1070 g/mol. The van der Waals surface area contributed by atoms with Crippen molar-refractivity contribution in [3.63, 3.8) is 0 Å². The highest BCUT2D eigenvalue weighted by Gasteiger charge is 2.48. The van der Waals surface area contributed by atoms with Gasteiger partial charge in [0.25, 0.3) is 5.56 Å². The molecule has 2 saturated heterocycles. The monoisotopic (exact) mass is 1070 g/mol. The number of likely N-dealkylation sites (tertiary alicyclic amines) is 2. The maximum absolute atomic E-state index is 14.6. The molecule has 0 unspecified atom stereocenters. The molecule has 4 fully saturated rings. The molecule has 13 nitrogen and oxygen atoms in total. The molecule has 4 atom stereocenters. The van der Waals surface area contributed by atoms with Crippen LogP contribution in [0, 0.1) is 24.2 Å². The zero-order valence-corrected chi connectivity index (χ0v) is 45.9. The number of hydrogen-bond donors (Lipinski definition) is 3. The minimum absolute atomic E-state index is 0.0297. The second kappa shape index (κ2) is 21.1. The topological polar surface area (TPSA) is 153 Å². The summed E-state index contributed by atoms with van der Waals surface area (Å²) < 4.78 is 3.07. The molecule has 3 amide bonds. The number of aromatic nitrogens is 3. The summed E-state index contributed by atoms with van der Waals surface area (Å²) in [6, 6.07) is 19.1. The van der Waals surface area contributed by atoms with Crippen molar-refractivity contribution in [1.82, 2.24) is 39.9 Å². The summed E-state index contributed by atoms with van der Waals surface area (Å²) in [5.41, 5.74) is 6.74. The number of carbonyl (C=O) groups excluding carboxylic acids is 3. The van der Waals surface area contributed by atoms with Gasteiger partial charge in [-0.1, -0.05) is 82.5 Å². The molecule has 73 heavy (non-hydrogen) atoms. The van der Waals surface area contributed by atoms with Gasteiger partial charge in [-0.15, -0.1) is 11.3 Å². The molecular weight excluding hydrogens is 1000 g/mol. The van der Waals surface area contributed by atoms with E-state index in [1.807, 2.05) is 88.5 Å². The van der Waals surface area contributed by atoms with Crippen LogP contribution in [0.4, 0.5) is 0 Å². The number of halogens is 1. The molecule has 5 aromatic rings. The number of carbonyl (C=O) groups is 3. The average Bonchev–Trinajstić information content (AvgIpc) is 4.06. The zero-order chi connectivity index (χ0) is 51.3. The number of hydrogen-bond acceptors (Lipinski definition) is 10. The Labute approximate surface area is 442 Å². The standard InChI is InChI=1S/C58H73BrN8O5S/c1-35-34-73-54(60-35)40-19-17-38(18-20-40)45(33-64(5)6)61-52(70)48-30-42(68)32-66(48)55(72)50(57(2,3)4)62-51(69)39-15-13-36(14-16-39)31-65-27-23-37(24-28-65)41-21-22-46-43(29-41)58(25-8-7-9-26-58)56-63-53(71)49-44(59)11-10-12-47(49)67(46)56/h10-12,17-22,29,34,36-37,39,42,45,48,50,68H,7-9,13-16,23-28,30-33H2,1-6H3,(H,61,70)(H,62,69)/t36?,39?,42-,45+,48+,50-/m1/s1. The number of amides is 3. The molecule has 2 aromatic heterocycles. The van der Waals surface area contributed by atoms with Crippen molar-refractivity contribution < 1.29 is 19.5 Å². The molecule has 388 valence electrons. The Bertz CT molecular complexity index is 2910. The predicted octanol–water partition coefficient (Wildman–Crippen LogP) is 9.04. The zero-order valence-electron chi connectivity index (χ0n) is 43.5. The number of benzene rings is 3. The lowest BCUT2D eigenvalue weighted by Gasteiger charge is -2.38. The van der Waals surface area contributed by atoms with Gasteiger partial charge in [-0.25, -0.2) is 4.98 Å². The first-order valence-electron chi connectivity index (χ1n) is 26.8. The number of aliphatic hydroxyl groups is 1. The van der Waals surface area contributed by atoms with E-state index < -0.39 is 23.6 Å². The van der Waals surface area contributed by atoms with Gasteiger partial charge in [0.05, 0.1) is 34.2 Å². The maximum atomic E-state index is 14.6. The second-order valence-corrected chi connectivity index (χ2v) is 25.1. The summed E-state index contributed by atoms with van der Waals surface area (Å²) in [5, 5.41) is 20.9. The van der Waals surface area contributed by atoms with Crippen molar-refractivity contribution in [2.75, 3.05) is 46.8 Å². The van der Waals surface area contributed by atoms with E-state index in [2.05, 4.69) is 65.3 Å². The normalized spacial score (nSPS) is 23.1. The van der Waals surface area contributed by atoms with E-state index in [-0.39, 0.29) is 53.6 Å². The molecular formula is C58H73BrN8O5S. The first-order valence-corrected chi connectivity index (χ1v) is 28.5. The third-order valence-corrected chi connectivity index (χ3v) is 18.5. The number of fused-ring (bicyclic) bond motifs is 7. The van der Waals surface area contributed by atoms with Crippen molar-refractivity contribution in [2.45, 2.75) is 140 Å². The molecule has 1 spiro atoms. The lowest BCUT2D eigenvalue weighted by atomic mass is 9.69. The summed E-state index contributed by atoms with van der Waals surface area (Å²) >= 11 is 5.24. The van der Waals surface area contributed by atoms with Gasteiger partial charge in [0.15, 0.2) is 0 Å². The summed E-state index contributed by atoms with van der Waals surface area (Å²) in [6.45, 7) is 11.5. The van der Waals surface area contributed by atoms with Crippen LogP contribution in [0.2, 0.25) is 0 Å². The molecule has 3 aromatic carbocycles. The summed E-state index contributed by atoms with van der Waals surface area (Å²) in [4.78, 5) is 72.0. The smallest absolute Gasteiger partial charge is 0.281 e. The fourth-order valence-electron chi connectivity index (χ4n) is 13.0.